The van der Waals surface area contributed by atoms with Crippen molar-refractivity contribution < 1.29 is 17.9 Å². The Bertz CT molecular complexity index is 727. The fourth-order valence-electron chi connectivity index (χ4n) is 3.65. The van der Waals surface area contributed by atoms with Crippen LogP contribution in [0.2, 0.25) is 0 Å². The number of methoxy groups -OCH3 is 1. The van der Waals surface area contributed by atoms with E-state index >= 15 is 0 Å². The van der Waals surface area contributed by atoms with Crippen molar-refractivity contribution in [3.05, 3.63) is 18.2 Å². The number of carbonyl (C=O) groups is 1. The predicted octanol–water partition coefficient (Wildman–Crippen LogP) is 3.29. The van der Waals surface area contributed by atoms with Gasteiger partial charge < -0.3 is 9.64 Å². The molecule has 1 saturated carbocycles. The van der Waals surface area contributed by atoms with E-state index in [0.717, 1.165) is 32.1 Å². The van der Waals surface area contributed by atoms with Gasteiger partial charge in [-0.15, -0.1) is 0 Å². The third-order valence-corrected chi connectivity index (χ3v) is 6.91. The molecule has 138 valence electrons. The van der Waals surface area contributed by atoms with E-state index < -0.39 is 10.0 Å². The van der Waals surface area contributed by atoms with Crippen LogP contribution in [-0.2, 0) is 14.8 Å². The monoisotopic (exact) mass is 366 g/mol. The highest BCUT2D eigenvalue weighted by Crippen LogP contribution is 2.34. The zero-order valence-corrected chi connectivity index (χ0v) is 15.5. The van der Waals surface area contributed by atoms with Crippen LogP contribution in [0.15, 0.2) is 18.2 Å². The van der Waals surface area contributed by atoms with Crippen LogP contribution in [0, 0.1) is 0 Å². The van der Waals surface area contributed by atoms with Crippen LogP contribution in [0.3, 0.4) is 0 Å². The molecule has 1 heterocycles. The van der Waals surface area contributed by atoms with Crippen molar-refractivity contribution in [2.75, 3.05) is 23.3 Å². The zero-order chi connectivity index (χ0) is 17.9. The first kappa shape index (κ1) is 18.0. The second kappa shape index (κ2) is 7.64. The standard InChI is InChI=1S/C18H26N2O4S/c1-24-17-11-10-14(13-16(17)20-12-6-5-9-18(20)21)19-25(22,23)15-7-3-2-4-8-15/h10-11,13,15,19H,2-9,12H2,1H3. The largest absolute Gasteiger partial charge is 0.495 e. The molecule has 1 amide bonds. The Labute approximate surface area is 149 Å². The fraction of sp³-hybridized carbons (Fsp3) is 0.611. The van der Waals surface area contributed by atoms with Gasteiger partial charge in [0.2, 0.25) is 15.9 Å². The number of nitrogens with zero attached hydrogens (tertiary/aromatic N) is 1. The molecule has 25 heavy (non-hydrogen) atoms. The second-order valence-electron chi connectivity index (χ2n) is 6.80. The van der Waals surface area contributed by atoms with Gasteiger partial charge in [0, 0.05) is 13.0 Å². The van der Waals surface area contributed by atoms with Crippen LogP contribution in [0.25, 0.3) is 0 Å². The zero-order valence-electron chi connectivity index (χ0n) is 14.7. The number of carbonyl (C=O) groups excluding carboxylic acids is 1. The van der Waals surface area contributed by atoms with E-state index in [1.54, 1.807) is 30.2 Å². The molecule has 3 rings (SSSR count). The summed E-state index contributed by atoms with van der Waals surface area (Å²) in [7, 11) is -1.86. The Morgan fingerprint density at radius 1 is 1.12 bits per heavy atom. The minimum absolute atomic E-state index is 0.0526. The van der Waals surface area contributed by atoms with Crippen molar-refractivity contribution in [3.63, 3.8) is 0 Å². The van der Waals surface area contributed by atoms with Crippen LogP contribution >= 0.6 is 0 Å². The summed E-state index contributed by atoms with van der Waals surface area (Å²) in [4.78, 5) is 13.9. The lowest BCUT2D eigenvalue weighted by molar-refractivity contribution is -0.119. The van der Waals surface area contributed by atoms with E-state index in [0.29, 0.717) is 42.9 Å². The Morgan fingerprint density at radius 3 is 2.56 bits per heavy atom. The molecular weight excluding hydrogens is 340 g/mol. The van der Waals surface area contributed by atoms with Crippen molar-refractivity contribution in [1.82, 2.24) is 0 Å². The van der Waals surface area contributed by atoms with Gasteiger partial charge in [-0.25, -0.2) is 8.42 Å². The van der Waals surface area contributed by atoms with E-state index in [2.05, 4.69) is 4.72 Å². The Kier molecular flexibility index (Phi) is 5.51. The maximum absolute atomic E-state index is 12.6. The van der Waals surface area contributed by atoms with Gasteiger partial charge in [-0.1, -0.05) is 19.3 Å². The molecule has 2 aliphatic rings. The maximum atomic E-state index is 12.6. The number of ether oxygens (including phenoxy) is 1. The molecule has 1 saturated heterocycles. The third kappa shape index (κ3) is 4.08. The fourth-order valence-corrected chi connectivity index (χ4v) is 5.22. The molecule has 7 heteroatoms. The van der Waals surface area contributed by atoms with E-state index in [1.807, 2.05) is 0 Å². The molecule has 0 bridgehead atoms. The minimum atomic E-state index is -3.41. The molecular formula is C18H26N2O4S. The lowest BCUT2D eigenvalue weighted by atomic mass is 10.0. The molecule has 0 atom stereocenters. The topological polar surface area (TPSA) is 75.7 Å². The number of amides is 1. The van der Waals surface area contributed by atoms with Crippen molar-refractivity contribution >= 4 is 27.3 Å². The van der Waals surface area contributed by atoms with Crippen molar-refractivity contribution in [2.24, 2.45) is 0 Å². The number of rotatable bonds is 5. The number of hydrogen-bond acceptors (Lipinski definition) is 4. The average molecular weight is 366 g/mol. The predicted molar refractivity (Wildman–Crippen MR) is 98.6 cm³/mol. The second-order valence-corrected chi connectivity index (χ2v) is 8.76. The van der Waals surface area contributed by atoms with Crippen LogP contribution in [0.1, 0.15) is 51.4 Å². The van der Waals surface area contributed by atoms with Gasteiger partial charge in [-0.05, 0) is 43.9 Å². The number of nitrogens with one attached hydrogen (secondary N) is 1. The van der Waals surface area contributed by atoms with E-state index in [-0.39, 0.29) is 11.2 Å². The quantitative estimate of drug-likeness (QED) is 0.868. The number of benzene rings is 1. The summed E-state index contributed by atoms with van der Waals surface area (Å²) in [6.45, 7) is 0.633. The van der Waals surface area contributed by atoms with Crippen LogP contribution in [-0.4, -0.2) is 33.2 Å². The highest BCUT2D eigenvalue weighted by Gasteiger charge is 2.28. The Balaban J connectivity index is 1.85. The Morgan fingerprint density at radius 2 is 1.88 bits per heavy atom. The molecule has 2 fully saturated rings. The molecule has 1 aliphatic carbocycles. The van der Waals surface area contributed by atoms with Gasteiger partial charge in [0.1, 0.15) is 5.75 Å². The van der Waals surface area contributed by atoms with Gasteiger partial charge in [0.05, 0.1) is 23.7 Å². The maximum Gasteiger partial charge on any atom is 0.235 e. The average Bonchev–Trinajstić information content (AvgIpc) is 2.62. The van der Waals surface area contributed by atoms with Gasteiger partial charge in [-0.3, -0.25) is 9.52 Å². The highest BCUT2D eigenvalue weighted by atomic mass is 32.2. The van der Waals surface area contributed by atoms with Crippen molar-refractivity contribution in [2.45, 2.75) is 56.6 Å². The molecule has 1 N–H and O–H groups in total. The molecule has 1 aliphatic heterocycles. The summed E-state index contributed by atoms with van der Waals surface area (Å²) in [6, 6.07) is 5.12. The lowest BCUT2D eigenvalue weighted by Gasteiger charge is -2.29. The molecule has 0 radical (unpaired) electrons. The molecule has 6 nitrogen and oxygen atoms in total. The van der Waals surface area contributed by atoms with Gasteiger partial charge in [-0.2, -0.15) is 0 Å². The van der Waals surface area contributed by atoms with E-state index in [9.17, 15) is 13.2 Å². The lowest BCUT2D eigenvalue weighted by Crippen LogP contribution is -2.35. The molecule has 0 aromatic heterocycles. The summed E-state index contributed by atoms with van der Waals surface area (Å²) in [6.07, 6.45) is 6.80. The number of anilines is 2. The molecule has 1 aromatic carbocycles. The van der Waals surface area contributed by atoms with Gasteiger partial charge in [0.25, 0.3) is 0 Å². The molecule has 0 spiro atoms. The smallest absolute Gasteiger partial charge is 0.235 e. The number of hydrogen-bond donors (Lipinski definition) is 1. The van der Waals surface area contributed by atoms with Gasteiger partial charge >= 0.3 is 0 Å². The first-order chi connectivity index (χ1) is 12.0. The summed E-state index contributed by atoms with van der Waals surface area (Å²) in [5, 5.41) is -0.330. The highest BCUT2D eigenvalue weighted by molar-refractivity contribution is 7.93. The SMILES string of the molecule is COc1ccc(NS(=O)(=O)C2CCCCC2)cc1N1CCCCC1=O. The van der Waals surface area contributed by atoms with Crippen LogP contribution < -0.4 is 14.4 Å². The molecule has 0 unspecified atom stereocenters. The Hall–Kier alpha value is -1.76. The first-order valence-corrected chi connectivity index (χ1v) is 10.6. The number of piperidine rings is 1. The van der Waals surface area contributed by atoms with Crippen molar-refractivity contribution in [3.8, 4) is 5.75 Å². The van der Waals surface area contributed by atoms with E-state index in [1.165, 1.54) is 0 Å². The van der Waals surface area contributed by atoms with Crippen LogP contribution in [0.5, 0.6) is 5.75 Å². The first-order valence-electron chi connectivity index (χ1n) is 9.01. The third-order valence-electron chi connectivity index (χ3n) is 5.04. The summed E-state index contributed by atoms with van der Waals surface area (Å²) in [5.74, 6) is 0.632. The van der Waals surface area contributed by atoms with E-state index in [4.69, 9.17) is 4.74 Å². The molecule has 1 aromatic rings. The summed E-state index contributed by atoms with van der Waals surface area (Å²) < 4.78 is 33.4. The summed E-state index contributed by atoms with van der Waals surface area (Å²) in [5.41, 5.74) is 1.12. The van der Waals surface area contributed by atoms with Crippen molar-refractivity contribution in [1.29, 1.82) is 0 Å². The normalized spacial score (nSPS) is 19.7. The summed E-state index contributed by atoms with van der Waals surface area (Å²) >= 11 is 0. The minimum Gasteiger partial charge on any atom is -0.495 e. The van der Waals surface area contributed by atoms with Gasteiger partial charge in [0.15, 0.2) is 0 Å². The van der Waals surface area contributed by atoms with Crippen LogP contribution in [0.4, 0.5) is 11.4 Å². The number of sulfonamides is 1.